The molecule has 0 spiro atoms. The first-order chi connectivity index (χ1) is 12.4. The first-order valence-corrected chi connectivity index (χ1v) is 8.32. The number of aliphatic carboxylic acids is 2. The van der Waals surface area contributed by atoms with Crippen LogP contribution >= 0.6 is 0 Å². The summed E-state index contributed by atoms with van der Waals surface area (Å²) >= 11 is 0. The van der Waals surface area contributed by atoms with Crippen LogP contribution in [0, 0.1) is 13.8 Å². The maximum Gasteiger partial charge on any atom is 0.414 e. The molecule has 1 rings (SSSR count). The van der Waals surface area contributed by atoms with E-state index in [-0.39, 0.29) is 0 Å². The summed E-state index contributed by atoms with van der Waals surface area (Å²) in [5.41, 5.74) is 2.45. The third-order valence-corrected chi connectivity index (χ3v) is 3.35. The second-order valence-corrected chi connectivity index (χ2v) is 5.37. The van der Waals surface area contributed by atoms with Gasteiger partial charge in [0.05, 0.1) is 13.2 Å². The molecule has 0 fully saturated rings. The summed E-state index contributed by atoms with van der Waals surface area (Å²) in [6.45, 7) is 8.73. The Morgan fingerprint density at radius 1 is 1.00 bits per heavy atom. The van der Waals surface area contributed by atoms with E-state index in [9.17, 15) is 0 Å². The van der Waals surface area contributed by atoms with E-state index in [4.69, 9.17) is 34.0 Å². The van der Waals surface area contributed by atoms with Crippen LogP contribution in [0.4, 0.5) is 0 Å². The van der Waals surface area contributed by atoms with Crippen molar-refractivity contribution in [2.75, 3.05) is 46.6 Å². The Bertz CT molecular complexity index is 522. The van der Waals surface area contributed by atoms with Crippen LogP contribution in [-0.4, -0.2) is 68.8 Å². The molecular formula is C18H29NO7. The van der Waals surface area contributed by atoms with Gasteiger partial charge >= 0.3 is 11.9 Å². The molecule has 8 nitrogen and oxygen atoms in total. The maximum absolute atomic E-state index is 9.10. The molecule has 26 heavy (non-hydrogen) atoms. The first-order valence-electron chi connectivity index (χ1n) is 8.32. The molecule has 0 radical (unpaired) electrons. The molecule has 0 aliphatic heterocycles. The number of benzene rings is 1. The lowest BCUT2D eigenvalue weighted by molar-refractivity contribution is -0.159. The van der Waals surface area contributed by atoms with Gasteiger partial charge in [0.25, 0.3) is 0 Å². The third-order valence-electron chi connectivity index (χ3n) is 3.35. The zero-order valence-corrected chi connectivity index (χ0v) is 15.6. The second kappa shape index (κ2) is 15.1. The van der Waals surface area contributed by atoms with E-state index in [1.807, 2.05) is 12.1 Å². The van der Waals surface area contributed by atoms with Gasteiger partial charge < -0.3 is 29.7 Å². The lowest BCUT2D eigenvalue weighted by Crippen LogP contribution is -2.22. The molecule has 0 aliphatic carbocycles. The average molecular weight is 371 g/mol. The van der Waals surface area contributed by atoms with Crippen LogP contribution in [0.1, 0.15) is 17.5 Å². The van der Waals surface area contributed by atoms with E-state index in [2.05, 4.69) is 25.2 Å². The molecule has 0 atom stereocenters. The van der Waals surface area contributed by atoms with Crippen molar-refractivity contribution in [3.05, 3.63) is 29.3 Å². The number of carbonyl (C=O) groups is 2. The van der Waals surface area contributed by atoms with Crippen molar-refractivity contribution < 1.29 is 34.0 Å². The smallest absolute Gasteiger partial charge is 0.414 e. The molecule has 0 unspecified atom stereocenters. The fourth-order valence-corrected chi connectivity index (χ4v) is 1.80. The van der Waals surface area contributed by atoms with E-state index in [0.29, 0.717) is 19.8 Å². The second-order valence-electron chi connectivity index (χ2n) is 5.37. The molecule has 148 valence electrons. The molecule has 1 aromatic rings. The van der Waals surface area contributed by atoms with Crippen LogP contribution in [0.2, 0.25) is 0 Å². The topological polar surface area (TPSA) is 114 Å². The Hall–Kier alpha value is -2.16. The fourth-order valence-electron chi connectivity index (χ4n) is 1.80. The Kier molecular flexibility index (Phi) is 13.9. The van der Waals surface area contributed by atoms with Crippen LogP contribution < -0.4 is 10.1 Å². The van der Waals surface area contributed by atoms with Gasteiger partial charge in [-0.25, -0.2) is 9.59 Å². The van der Waals surface area contributed by atoms with Gasteiger partial charge in [-0.3, -0.25) is 0 Å². The fraction of sp³-hybridized carbons (Fsp3) is 0.556. The third kappa shape index (κ3) is 12.2. The van der Waals surface area contributed by atoms with E-state index < -0.39 is 11.9 Å². The van der Waals surface area contributed by atoms with Crippen LogP contribution in [0.5, 0.6) is 5.75 Å². The van der Waals surface area contributed by atoms with Gasteiger partial charge in [-0.1, -0.05) is 12.1 Å². The van der Waals surface area contributed by atoms with Crippen molar-refractivity contribution in [1.82, 2.24) is 5.32 Å². The van der Waals surface area contributed by atoms with Gasteiger partial charge in [0.2, 0.25) is 0 Å². The normalized spacial score (nSPS) is 9.96. The molecule has 0 heterocycles. The molecule has 3 N–H and O–H groups in total. The minimum Gasteiger partial charge on any atom is -0.491 e. The van der Waals surface area contributed by atoms with E-state index in [1.54, 1.807) is 7.11 Å². The molecule has 0 saturated carbocycles. The zero-order chi connectivity index (χ0) is 19.8. The van der Waals surface area contributed by atoms with Crippen LogP contribution in [-0.2, 0) is 19.1 Å². The highest BCUT2D eigenvalue weighted by Crippen LogP contribution is 2.20. The summed E-state index contributed by atoms with van der Waals surface area (Å²) in [7, 11) is 1.72. The van der Waals surface area contributed by atoms with Gasteiger partial charge in [0.15, 0.2) is 0 Å². The van der Waals surface area contributed by atoms with Gasteiger partial charge in [-0.05, 0) is 44.0 Å². The molecule has 0 aromatic heterocycles. The van der Waals surface area contributed by atoms with Crippen molar-refractivity contribution in [3.8, 4) is 5.75 Å². The Morgan fingerprint density at radius 2 is 1.69 bits per heavy atom. The number of carboxylic acids is 2. The van der Waals surface area contributed by atoms with Crippen LogP contribution in [0.15, 0.2) is 18.2 Å². The number of hydrogen-bond acceptors (Lipinski definition) is 6. The van der Waals surface area contributed by atoms with Crippen LogP contribution in [0.25, 0.3) is 0 Å². The van der Waals surface area contributed by atoms with Crippen molar-refractivity contribution in [2.24, 2.45) is 0 Å². The number of hydrogen-bond donors (Lipinski definition) is 3. The minimum atomic E-state index is -1.82. The highest BCUT2D eigenvalue weighted by molar-refractivity contribution is 6.27. The van der Waals surface area contributed by atoms with E-state index in [0.717, 1.165) is 31.9 Å². The predicted octanol–water partition coefficient (Wildman–Crippen LogP) is 1.48. The number of rotatable bonds is 11. The van der Waals surface area contributed by atoms with Crippen molar-refractivity contribution in [1.29, 1.82) is 0 Å². The number of ether oxygens (including phenoxy) is 3. The maximum atomic E-state index is 9.10. The SMILES string of the molecule is COCCCNCCOCCOc1cccc(C)c1C.O=C(O)C(=O)O. The molecule has 1 aromatic carbocycles. The molecular weight excluding hydrogens is 342 g/mol. The van der Waals surface area contributed by atoms with Gasteiger partial charge in [0.1, 0.15) is 12.4 Å². The van der Waals surface area contributed by atoms with Gasteiger partial charge in [-0.15, -0.1) is 0 Å². The molecule has 0 bridgehead atoms. The van der Waals surface area contributed by atoms with Gasteiger partial charge in [0, 0.05) is 20.3 Å². The Balaban J connectivity index is 0.000000896. The molecule has 0 aliphatic rings. The number of methoxy groups -OCH3 is 1. The lowest BCUT2D eigenvalue weighted by Gasteiger charge is -2.11. The summed E-state index contributed by atoms with van der Waals surface area (Å²) in [5.74, 6) is -2.70. The zero-order valence-electron chi connectivity index (χ0n) is 15.6. The summed E-state index contributed by atoms with van der Waals surface area (Å²) < 4.78 is 16.2. The van der Waals surface area contributed by atoms with E-state index in [1.165, 1.54) is 11.1 Å². The first kappa shape index (κ1) is 23.8. The van der Waals surface area contributed by atoms with Crippen molar-refractivity contribution >= 4 is 11.9 Å². The number of carboxylic acid groups (broad SMARTS) is 2. The summed E-state index contributed by atoms with van der Waals surface area (Å²) in [6, 6.07) is 6.11. The Labute approximate surface area is 154 Å². The summed E-state index contributed by atoms with van der Waals surface area (Å²) in [6.07, 6.45) is 1.03. The Morgan fingerprint density at radius 3 is 2.31 bits per heavy atom. The monoisotopic (exact) mass is 371 g/mol. The van der Waals surface area contributed by atoms with Gasteiger partial charge in [-0.2, -0.15) is 0 Å². The quantitative estimate of drug-likeness (QED) is 0.396. The van der Waals surface area contributed by atoms with E-state index >= 15 is 0 Å². The minimum absolute atomic E-state index is 0.591. The van der Waals surface area contributed by atoms with Crippen molar-refractivity contribution in [2.45, 2.75) is 20.3 Å². The average Bonchev–Trinajstić information content (AvgIpc) is 2.60. The van der Waals surface area contributed by atoms with Crippen LogP contribution in [0.3, 0.4) is 0 Å². The molecule has 0 saturated heterocycles. The lowest BCUT2D eigenvalue weighted by atomic mass is 10.1. The highest BCUT2D eigenvalue weighted by Gasteiger charge is 2.04. The standard InChI is InChI=1S/C16H27NO3.C2H2O4/c1-14-6-4-7-16(15(14)2)20-13-12-19-11-9-17-8-5-10-18-3;3-1(4)2(5)6/h4,6-7,17H,5,8-13H2,1-3H3;(H,3,4)(H,5,6). The highest BCUT2D eigenvalue weighted by atomic mass is 16.5. The summed E-state index contributed by atoms with van der Waals surface area (Å²) in [5, 5.41) is 18.1. The van der Waals surface area contributed by atoms with Crippen molar-refractivity contribution in [3.63, 3.8) is 0 Å². The predicted molar refractivity (Wildman–Crippen MR) is 96.9 cm³/mol. The summed E-state index contributed by atoms with van der Waals surface area (Å²) in [4.78, 5) is 18.2. The molecule has 0 amide bonds. The molecule has 8 heteroatoms. The largest absolute Gasteiger partial charge is 0.491 e. The number of nitrogens with one attached hydrogen (secondary N) is 1. The number of aryl methyl sites for hydroxylation is 1.